The molecule has 0 saturated heterocycles. The molecule has 0 fully saturated rings. The van der Waals surface area contributed by atoms with Gasteiger partial charge in [0, 0.05) is 19.8 Å². The molecular weight excluding hydrogens is 293 g/mol. The zero-order valence-electron chi connectivity index (χ0n) is 12.6. The smallest absolute Gasteiger partial charge is 0.373 e. The Hall–Kier alpha value is -0.153. The zero-order valence-corrected chi connectivity index (χ0v) is 13.6. The quantitative estimate of drug-likeness (QED) is 0.548. The maximum atomic E-state index is 12.2. The average molecular weight is 318 g/mol. The van der Waals surface area contributed by atoms with Gasteiger partial charge in [0.2, 0.25) is 0 Å². The Kier molecular flexibility index (Phi) is 9.65. The van der Waals surface area contributed by atoms with Crippen LogP contribution in [-0.2, 0) is 18.0 Å². The molecule has 122 valence electrons. The molecule has 0 aliphatic heterocycles. The first kappa shape index (κ1) is 19.8. The van der Waals surface area contributed by atoms with Crippen molar-refractivity contribution >= 4 is 8.80 Å². The number of ether oxygens (including phenoxy) is 1. The molecule has 0 aromatic carbocycles. The molecule has 0 heterocycles. The Balaban J connectivity index is 4.78. The van der Waals surface area contributed by atoms with E-state index in [1.807, 2.05) is 6.92 Å². The molecule has 0 aromatic heterocycles. The van der Waals surface area contributed by atoms with Crippen molar-refractivity contribution in [1.29, 1.82) is 0 Å². The van der Waals surface area contributed by atoms with Gasteiger partial charge in [-0.15, -0.1) is 0 Å². The highest BCUT2D eigenvalue weighted by molar-refractivity contribution is 6.62. The lowest BCUT2D eigenvalue weighted by molar-refractivity contribution is -0.149. The largest absolute Gasteiger partial charge is 0.531 e. The highest BCUT2D eigenvalue weighted by Gasteiger charge is 2.49. The van der Waals surface area contributed by atoms with Gasteiger partial charge in [-0.25, -0.2) is 0 Å². The van der Waals surface area contributed by atoms with Crippen LogP contribution in [0.3, 0.4) is 0 Å². The van der Waals surface area contributed by atoms with Crippen LogP contribution in [0.5, 0.6) is 0 Å². The van der Waals surface area contributed by atoms with Crippen LogP contribution in [0.2, 0.25) is 0 Å². The Bertz CT molecular complexity index is 234. The number of hydrogen-bond donors (Lipinski definition) is 0. The molecule has 0 rings (SSSR count). The SMILES string of the molecule is CCO[Si](OCC)(OCC)C(CC)OCCC(F)(F)F. The van der Waals surface area contributed by atoms with Crippen molar-refractivity contribution in [3.63, 3.8) is 0 Å². The zero-order chi connectivity index (χ0) is 15.6. The molecule has 0 aliphatic rings. The monoisotopic (exact) mass is 318 g/mol. The first-order chi connectivity index (χ1) is 9.35. The van der Waals surface area contributed by atoms with Gasteiger partial charge in [-0.05, 0) is 27.2 Å². The van der Waals surface area contributed by atoms with Gasteiger partial charge in [0.25, 0.3) is 0 Å². The normalized spacial score (nSPS) is 14.6. The van der Waals surface area contributed by atoms with Crippen molar-refractivity contribution in [2.24, 2.45) is 0 Å². The molecule has 0 bridgehead atoms. The lowest BCUT2D eigenvalue weighted by Crippen LogP contribution is -2.57. The van der Waals surface area contributed by atoms with Crippen LogP contribution in [0.4, 0.5) is 13.2 Å². The summed E-state index contributed by atoms with van der Waals surface area (Å²) >= 11 is 0. The van der Waals surface area contributed by atoms with Crippen molar-refractivity contribution in [2.75, 3.05) is 26.4 Å². The summed E-state index contributed by atoms with van der Waals surface area (Å²) in [5.41, 5.74) is -0.579. The van der Waals surface area contributed by atoms with Crippen molar-refractivity contribution < 1.29 is 31.2 Å². The van der Waals surface area contributed by atoms with Gasteiger partial charge < -0.3 is 18.0 Å². The molecule has 0 spiro atoms. The Morgan fingerprint density at radius 3 is 1.65 bits per heavy atom. The molecule has 1 unspecified atom stereocenters. The second kappa shape index (κ2) is 9.72. The maximum absolute atomic E-state index is 12.2. The molecule has 0 aromatic rings. The first-order valence-corrected chi connectivity index (χ1v) is 8.75. The molecule has 1 atom stereocenters. The summed E-state index contributed by atoms with van der Waals surface area (Å²) in [5.74, 6) is 0. The van der Waals surface area contributed by atoms with Crippen LogP contribution in [0.15, 0.2) is 0 Å². The summed E-state index contributed by atoms with van der Waals surface area (Å²) in [6.07, 6.45) is -4.74. The lowest BCUT2D eigenvalue weighted by Gasteiger charge is -2.34. The van der Waals surface area contributed by atoms with Crippen LogP contribution < -0.4 is 0 Å². The topological polar surface area (TPSA) is 36.9 Å². The van der Waals surface area contributed by atoms with Crippen molar-refractivity contribution in [3.05, 3.63) is 0 Å². The minimum absolute atomic E-state index is 0.366. The number of rotatable bonds is 11. The third-order valence-electron chi connectivity index (χ3n) is 2.51. The summed E-state index contributed by atoms with van der Waals surface area (Å²) in [5, 5.41) is 0. The number of alkyl halides is 3. The van der Waals surface area contributed by atoms with E-state index in [0.29, 0.717) is 26.2 Å². The highest BCUT2D eigenvalue weighted by atomic mass is 28.4. The summed E-state index contributed by atoms with van der Waals surface area (Å²) in [4.78, 5) is 0. The van der Waals surface area contributed by atoms with Crippen LogP contribution in [0.1, 0.15) is 40.5 Å². The molecule has 0 N–H and O–H groups in total. The number of hydrogen-bond acceptors (Lipinski definition) is 4. The van der Waals surface area contributed by atoms with E-state index in [-0.39, 0.29) is 0 Å². The van der Waals surface area contributed by atoms with Crippen LogP contribution in [0, 0.1) is 0 Å². The minimum atomic E-state index is -4.23. The van der Waals surface area contributed by atoms with Gasteiger partial charge >= 0.3 is 15.0 Å². The predicted molar refractivity (Wildman–Crippen MR) is 71.3 cm³/mol. The molecule has 0 saturated carbocycles. The fourth-order valence-corrected chi connectivity index (χ4v) is 4.63. The van der Waals surface area contributed by atoms with Crippen molar-refractivity contribution in [2.45, 2.75) is 52.4 Å². The summed E-state index contributed by atoms with van der Waals surface area (Å²) in [7, 11) is -3.11. The molecule has 20 heavy (non-hydrogen) atoms. The van der Waals surface area contributed by atoms with Crippen LogP contribution in [-0.4, -0.2) is 47.1 Å². The van der Waals surface area contributed by atoms with Gasteiger partial charge in [0.15, 0.2) is 0 Å². The summed E-state index contributed by atoms with van der Waals surface area (Å²) in [6, 6.07) is 0. The molecule has 0 radical (unpaired) electrons. The van der Waals surface area contributed by atoms with Crippen molar-refractivity contribution in [1.82, 2.24) is 0 Å². The number of halogens is 3. The van der Waals surface area contributed by atoms with E-state index >= 15 is 0 Å². The average Bonchev–Trinajstić information content (AvgIpc) is 2.34. The fourth-order valence-electron chi connectivity index (χ4n) is 1.79. The predicted octanol–water partition coefficient (Wildman–Crippen LogP) is 3.32. The van der Waals surface area contributed by atoms with E-state index in [1.165, 1.54) is 0 Å². The van der Waals surface area contributed by atoms with E-state index in [0.717, 1.165) is 0 Å². The van der Waals surface area contributed by atoms with Crippen LogP contribution >= 0.6 is 0 Å². The van der Waals surface area contributed by atoms with Gasteiger partial charge in [-0.2, -0.15) is 13.2 Å². The van der Waals surface area contributed by atoms with Crippen LogP contribution in [0.25, 0.3) is 0 Å². The van der Waals surface area contributed by atoms with Gasteiger partial charge in [0.05, 0.1) is 13.0 Å². The lowest BCUT2D eigenvalue weighted by atomic mass is 10.4. The molecule has 8 heteroatoms. The van der Waals surface area contributed by atoms with E-state index in [1.54, 1.807) is 20.8 Å². The second-order valence-corrected chi connectivity index (χ2v) is 6.75. The van der Waals surface area contributed by atoms with E-state index < -0.39 is 33.7 Å². The fraction of sp³-hybridized carbons (Fsp3) is 1.00. The van der Waals surface area contributed by atoms with E-state index in [4.69, 9.17) is 18.0 Å². The van der Waals surface area contributed by atoms with E-state index in [9.17, 15) is 13.2 Å². The first-order valence-electron chi connectivity index (χ1n) is 6.95. The molecular formula is C12H25F3O4Si. The Morgan fingerprint density at radius 2 is 1.35 bits per heavy atom. The Morgan fingerprint density at radius 1 is 0.900 bits per heavy atom. The summed E-state index contributed by atoms with van der Waals surface area (Å²) < 4.78 is 58.8. The van der Waals surface area contributed by atoms with Crippen molar-refractivity contribution in [3.8, 4) is 0 Å². The van der Waals surface area contributed by atoms with Gasteiger partial charge in [-0.3, -0.25) is 0 Å². The summed E-state index contributed by atoms with van der Waals surface area (Å²) in [6.45, 7) is 7.88. The molecule has 0 aliphatic carbocycles. The second-order valence-electron chi connectivity index (χ2n) is 4.04. The molecule has 4 nitrogen and oxygen atoms in total. The minimum Gasteiger partial charge on any atom is -0.373 e. The third kappa shape index (κ3) is 7.03. The standard InChI is InChI=1S/C12H25F3O4Si/c1-5-11(16-10-9-12(13,14)15)20(17-6-2,18-7-3)19-8-4/h11H,5-10H2,1-4H3. The van der Waals surface area contributed by atoms with Gasteiger partial charge in [-0.1, -0.05) is 6.92 Å². The maximum Gasteiger partial charge on any atom is 0.531 e. The molecule has 0 amide bonds. The Labute approximate surface area is 119 Å². The van der Waals surface area contributed by atoms with Gasteiger partial charge in [0.1, 0.15) is 5.73 Å². The third-order valence-corrected chi connectivity index (χ3v) is 5.94. The highest BCUT2D eigenvalue weighted by Crippen LogP contribution is 2.24. The van der Waals surface area contributed by atoms with E-state index in [2.05, 4.69) is 0 Å².